The van der Waals surface area contributed by atoms with Crippen molar-refractivity contribution in [2.75, 3.05) is 4.90 Å². The fourth-order valence-electron chi connectivity index (χ4n) is 3.60. The van der Waals surface area contributed by atoms with E-state index in [9.17, 15) is 0 Å². The van der Waals surface area contributed by atoms with E-state index in [2.05, 4.69) is 108 Å². The normalized spacial score (nSPS) is 12.1. The van der Waals surface area contributed by atoms with Gasteiger partial charge in [-0.25, -0.2) is 0 Å². The zero-order valence-corrected chi connectivity index (χ0v) is 15.7. The van der Waals surface area contributed by atoms with E-state index in [0.717, 1.165) is 6.42 Å². The van der Waals surface area contributed by atoms with Gasteiger partial charge in [0.25, 0.3) is 0 Å². The Kier molecular flexibility index (Phi) is 4.19. The molecule has 0 aromatic heterocycles. The van der Waals surface area contributed by atoms with Crippen molar-refractivity contribution in [1.82, 2.24) is 0 Å². The predicted molar refractivity (Wildman–Crippen MR) is 114 cm³/mol. The minimum absolute atomic E-state index is 1.01. The van der Waals surface area contributed by atoms with E-state index in [1.165, 1.54) is 38.0 Å². The molecule has 0 spiro atoms. The molecule has 4 aromatic carbocycles. The molecule has 0 fully saturated rings. The fraction of sp³-hybridized carbons (Fsp3) is 0.0400. The van der Waals surface area contributed by atoms with E-state index < -0.39 is 0 Å². The summed E-state index contributed by atoms with van der Waals surface area (Å²) in [6.45, 7) is 0. The van der Waals surface area contributed by atoms with Gasteiger partial charge >= 0.3 is 0 Å². The highest BCUT2D eigenvalue weighted by atomic mass is 32.2. The number of fused-ring (bicyclic) bond motifs is 2. The van der Waals surface area contributed by atoms with Crippen LogP contribution in [0.5, 0.6) is 0 Å². The minimum atomic E-state index is 1.01. The van der Waals surface area contributed by atoms with Crippen LogP contribution in [0.3, 0.4) is 0 Å². The van der Waals surface area contributed by atoms with E-state index in [-0.39, 0.29) is 0 Å². The summed E-state index contributed by atoms with van der Waals surface area (Å²) in [5.41, 5.74) is 6.36. The van der Waals surface area contributed by atoms with Crippen molar-refractivity contribution in [1.29, 1.82) is 0 Å². The lowest BCUT2D eigenvalue weighted by Gasteiger charge is -2.27. The van der Waals surface area contributed by atoms with Crippen molar-refractivity contribution in [3.05, 3.63) is 114 Å². The van der Waals surface area contributed by atoms with E-state index in [1.807, 2.05) is 11.8 Å². The van der Waals surface area contributed by atoms with Gasteiger partial charge in [0, 0.05) is 26.9 Å². The fourth-order valence-corrected chi connectivity index (χ4v) is 4.70. The first-order valence-electron chi connectivity index (χ1n) is 9.17. The SMILES string of the molecule is c1ccc(N(c2ccccc2)c2ccc3c(c2)Sc2ccccc2C3)cc1. The average molecular weight is 366 g/mol. The third-order valence-corrected chi connectivity index (χ3v) is 6.13. The van der Waals surface area contributed by atoms with E-state index in [1.54, 1.807) is 0 Å². The molecule has 4 aromatic rings. The second-order valence-corrected chi connectivity index (χ2v) is 7.77. The molecule has 0 saturated carbocycles. The third-order valence-electron chi connectivity index (χ3n) is 4.91. The Morgan fingerprint density at radius 1 is 0.519 bits per heavy atom. The van der Waals surface area contributed by atoms with Gasteiger partial charge in [0.2, 0.25) is 0 Å². The Morgan fingerprint density at radius 2 is 1.11 bits per heavy atom. The van der Waals surface area contributed by atoms with E-state index in [4.69, 9.17) is 0 Å². The Morgan fingerprint density at radius 3 is 1.81 bits per heavy atom. The summed E-state index contributed by atoms with van der Waals surface area (Å²) in [6.07, 6.45) is 1.01. The number of para-hydroxylation sites is 2. The highest BCUT2D eigenvalue weighted by Crippen LogP contribution is 2.43. The maximum Gasteiger partial charge on any atom is 0.0473 e. The van der Waals surface area contributed by atoms with Crippen LogP contribution in [0, 0.1) is 0 Å². The molecule has 27 heavy (non-hydrogen) atoms. The molecule has 2 heteroatoms. The number of nitrogens with zero attached hydrogens (tertiary/aromatic N) is 1. The van der Waals surface area contributed by atoms with Crippen LogP contribution in [0.2, 0.25) is 0 Å². The molecule has 0 N–H and O–H groups in total. The summed E-state index contributed by atoms with van der Waals surface area (Å²) in [6, 6.07) is 36.7. The molecule has 0 bridgehead atoms. The zero-order chi connectivity index (χ0) is 18.1. The first-order valence-corrected chi connectivity index (χ1v) is 9.99. The molecule has 130 valence electrons. The highest BCUT2D eigenvalue weighted by Gasteiger charge is 2.18. The van der Waals surface area contributed by atoms with Crippen LogP contribution in [-0.2, 0) is 6.42 Å². The molecular formula is C25H19NS. The molecule has 0 aliphatic carbocycles. The maximum atomic E-state index is 2.33. The van der Waals surface area contributed by atoms with Gasteiger partial charge in [-0.15, -0.1) is 0 Å². The lowest BCUT2D eigenvalue weighted by Crippen LogP contribution is -2.10. The van der Waals surface area contributed by atoms with Crippen molar-refractivity contribution in [3.63, 3.8) is 0 Å². The zero-order valence-electron chi connectivity index (χ0n) is 14.9. The molecule has 1 nitrogen and oxygen atoms in total. The molecule has 0 unspecified atom stereocenters. The van der Waals surface area contributed by atoms with Gasteiger partial charge in [0.15, 0.2) is 0 Å². The highest BCUT2D eigenvalue weighted by molar-refractivity contribution is 7.99. The lowest BCUT2D eigenvalue weighted by molar-refractivity contribution is 1.05. The number of benzene rings is 4. The van der Waals surface area contributed by atoms with Crippen LogP contribution in [0.25, 0.3) is 0 Å². The van der Waals surface area contributed by atoms with Crippen molar-refractivity contribution in [3.8, 4) is 0 Å². The molecular weight excluding hydrogens is 346 g/mol. The van der Waals surface area contributed by atoms with Crippen molar-refractivity contribution in [2.24, 2.45) is 0 Å². The summed E-state index contributed by atoms with van der Waals surface area (Å²) in [4.78, 5) is 5.04. The summed E-state index contributed by atoms with van der Waals surface area (Å²) in [5.74, 6) is 0. The van der Waals surface area contributed by atoms with Crippen LogP contribution in [0.15, 0.2) is 113 Å². The molecule has 0 radical (unpaired) electrons. The Balaban J connectivity index is 1.60. The Labute approximate surface area is 164 Å². The summed E-state index contributed by atoms with van der Waals surface area (Å²) in [5, 5.41) is 0. The van der Waals surface area contributed by atoms with Gasteiger partial charge in [-0.1, -0.05) is 72.4 Å². The standard InChI is InChI=1S/C25H19NS/c1-3-10-21(11-4-1)26(22-12-5-2-6-13-22)23-16-15-20-17-19-9-7-8-14-24(19)27-25(20)18-23/h1-16,18H,17H2. The summed E-state index contributed by atoms with van der Waals surface area (Å²) >= 11 is 1.88. The van der Waals surface area contributed by atoms with Crippen LogP contribution < -0.4 is 4.90 Å². The smallest absolute Gasteiger partial charge is 0.0473 e. The predicted octanol–water partition coefficient (Wildman–Crippen LogP) is 7.21. The summed E-state index contributed by atoms with van der Waals surface area (Å²) < 4.78 is 0. The molecule has 1 aliphatic heterocycles. The monoisotopic (exact) mass is 365 g/mol. The van der Waals surface area contributed by atoms with Crippen molar-refractivity contribution >= 4 is 28.8 Å². The first-order chi connectivity index (χ1) is 13.4. The lowest BCUT2D eigenvalue weighted by atomic mass is 10.0. The van der Waals surface area contributed by atoms with Crippen molar-refractivity contribution < 1.29 is 0 Å². The van der Waals surface area contributed by atoms with Gasteiger partial charge in [-0.05, 0) is 60.0 Å². The van der Waals surface area contributed by atoms with Crippen LogP contribution in [0.4, 0.5) is 17.1 Å². The van der Waals surface area contributed by atoms with Gasteiger partial charge < -0.3 is 4.90 Å². The molecule has 1 heterocycles. The molecule has 0 saturated heterocycles. The van der Waals surface area contributed by atoms with Crippen LogP contribution in [-0.4, -0.2) is 0 Å². The summed E-state index contributed by atoms with van der Waals surface area (Å²) in [7, 11) is 0. The largest absolute Gasteiger partial charge is 0.310 e. The Hall–Kier alpha value is -2.97. The van der Waals surface area contributed by atoms with Crippen molar-refractivity contribution in [2.45, 2.75) is 16.2 Å². The average Bonchev–Trinajstić information content (AvgIpc) is 2.74. The number of rotatable bonds is 3. The first kappa shape index (κ1) is 16.2. The third kappa shape index (κ3) is 3.13. The van der Waals surface area contributed by atoms with E-state index in [0.29, 0.717) is 0 Å². The quantitative estimate of drug-likeness (QED) is 0.332. The topological polar surface area (TPSA) is 3.24 Å². The van der Waals surface area contributed by atoms with Crippen LogP contribution >= 0.6 is 11.8 Å². The second kappa shape index (κ2) is 6.98. The van der Waals surface area contributed by atoms with Gasteiger partial charge in [0.05, 0.1) is 0 Å². The van der Waals surface area contributed by atoms with Crippen LogP contribution in [0.1, 0.15) is 11.1 Å². The van der Waals surface area contributed by atoms with Gasteiger partial charge in [-0.3, -0.25) is 0 Å². The number of anilines is 3. The minimum Gasteiger partial charge on any atom is -0.310 e. The molecule has 5 rings (SSSR count). The second-order valence-electron chi connectivity index (χ2n) is 6.69. The number of hydrogen-bond acceptors (Lipinski definition) is 2. The Bertz CT molecular complexity index is 1030. The molecule has 0 atom stereocenters. The van der Waals surface area contributed by atoms with Gasteiger partial charge in [-0.2, -0.15) is 0 Å². The maximum absolute atomic E-state index is 2.33. The van der Waals surface area contributed by atoms with E-state index >= 15 is 0 Å². The number of hydrogen-bond donors (Lipinski definition) is 0. The molecule has 0 amide bonds. The molecule has 1 aliphatic rings. The van der Waals surface area contributed by atoms with Gasteiger partial charge in [0.1, 0.15) is 0 Å².